The molecule has 1 aliphatic rings. The smallest absolute Gasteiger partial charge is 0.269 e. The van der Waals surface area contributed by atoms with E-state index in [4.69, 9.17) is 4.55 Å². The molecule has 25 heteroatoms. The number of fused-ring (bicyclic) bond motifs is 1. The minimum absolute atomic E-state index is 0.0277. The predicted molar refractivity (Wildman–Crippen MR) is 90.3 cm³/mol. The van der Waals surface area contributed by atoms with Crippen LogP contribution in [0.1, 0.15) is 20.7 Å². The van der Waals surface area contributed by atoms with E-state index in [1.807, 2.05) is 0 Å². The normalized spacial score (nSPS) is 16.4. The molecule has 0 unspecified atom stereocenters. The zero-order valence-corrected chi connectivity index (χ0v) is 18.9. The zero-order valence-electron chi connectivity index (χ0n) is 18.0. The fourth-order valence-corrected chi connectivity index (χ4v) is 3.14. The van der Waals surface area contributed by atoms with Crippen LogP contribution < -0.4 is 0 Å². The summed E-state index contributed by atoms with van der Waals surface area (Å²) in [6.07, 6.45) is -15.6. The number of halogens is 18. The number of benzene rings is 1. The summed E-state index contributed by atoms with van der Waals surface area (Å²) >= 11 is 0. The molecule has 1 heterocycles. The molecule has 0 saturated carbocycles. The molecule has 41 heavy (non-hydrogen) atoms. The van der Waals surface area contributed by atoms with E-state index in [1.54, 1.807) is 0 Å². The van der Waals surface area contributed by atoms with Gasteiger partial charge in [0.1, 0.15) is 0 Å². The number of hydrogen-bond acceptors (Lipinski definition) is 4. The first-order chi connectivity index (χ1) is 17.7. The van der Waals surface area contributed by atoms with Crippen LogP contribution in [0.5, 0.6) is 0 Å². The molecule has 1 aromatic carbocycles. The van der Waals surface area contributed by atoms with Crippen molar-refractivity contribution in [3.05, 3.63) is 35.4 Å². The molecular formula is C16H5F18NO5S. The lowest BCUT2D eigenvalue weighted by atomic mass is 9.91. The maximum atomic E-state index is 12.8. The van der Waals surface area contributed by atoms with E-state index in [0.717, 1.165) is 0 Å². The van der Waals surface area contributed by atoms with E-state index < -0.39 is 70.0 Å². The van der Waals surface area contributed by atoms with E-state index in [-0.39, 0.29) is 15.4 Å². The molecule has 2 amide bonds. The Morgan fingerprint density at radius 1 is 0.488 bits per heavy atom. The Hall–Kier alpha value is -2.99. The third-order valence-corrected chi connectivity index (χ3v) is 5.46. The minimum atomic E-state index is -8.72. The van der Waals surface area contributed by atoms with Gasteiger partial charge in [-0.3, -0.25) is 14.1 Å². The fourth-order valence-electron chi connectivity index (χ4n) is 2.52. The monoisotopic (exact) mass is 665 g/mol. The Labute approximate surface area is 212 Å². The summed E-state index contributed by atoms with van der Waals surface area (Å²) < 4.78 is 251. The first-order valence-corrected chi connectivity index (χ1v) is 10.4. The van der Waals surface area contributed by atoms with Gasteiger partial charge in [0.15, 0.2) is 0 Å². The van der Waals surface area contributed by atoms with Crippen molar-refractivity contribution in [2.75, 3.05) is 0 Å². The van der Waals surface area contributed by atoms with Gasteiger partial charge in [0.05, 0.1) is 11.1 Å². The maximum Gasteiger partial charge on any atom is 0.460 e. The van der Waals surface area contributed by atoms with Gasteiger partial charge >= 0.3 is 58.2 Å². The summed E-state index contributed by atoms with van der Waals surface area (Å²) in [6.45, 7) is 0. The summed E-state index contributed by atoms with van der Waals surface area (Å²) in [5.41, 5.74) is -0.0553. The van der Waals surface area contributed by atoms with Crippen molar-refractivity contribution in [3.8, 4) is 0 Å². The van der Waals surface area contributed by atoms with Crippen LogP contribution in [0.3, 0.4) is 0 Å². The van der Waals surface area contributed by atoms with Crippen LogP contribution in [0, 0.1) is 0 Å². The average Bonchev–Trinajstić information content (AvgIpc) is 3.02. The van der Waals surface area contributed by atoms with Gasteiger partial charge in [-0.2, -0.15) is 87.4 Å². The molecule has 1 aliphatic heterocycles. The standard InChI is InChI=1S/C8F18.C8H5NO5S/c9-1(10,3(13,14)5(17,18)7(21,22)23)2(11,12)4(15,16)6(19,20)8(24,25)26;10-7-5-3-1-2-4-6(5)8(11)9(7)15(12,13)14/h;1-4H,(H,12,13,14). The van der Waals surface area contributed by atoms with Gasteiger partial charge in [-0.15, -0.1) is 4.31 Å². The molecule has 0 atom stereocenters. The van der Waals surface area contributed by atoms with Crippen molar-refractivity contribution >= 4 is 22.1 Å². The SMILES string of the molecule is FC(F)(F)C(F)(F)C(F)(F)C(F)(F)C(F)(F)C(F)(F)C(F)(F)C(F)(F)F.O=C1c2ccccc2C(=O)N1S(=O)(=O)O. The van der Waals surface area contributed by atoms with Crippen molar-refractivity contribution < 1.29 is 102 Å². The Morgan fingerprint density at radius 2 is 0.707 bits per heavy atom. The van der Waals surface area contributed by atoms with E-state index >= 15 is 0 Å². The highest BCUT2D eigenvalue weighted by Crippen LogP contribution is 2.64. The number of rotatable bonds is 6. The van der Waals surface area contributed by atoms with Crippen LogP contribution in [-0.2, 0) is 10.3 Å². The van der Waals surface area contributed by atoms with Crippen molar-refractivity contribution in [2.45, 2.75) is 47.9 Å². The van der Waals surface area contributed by atoms with Crippen molar-refractivity contribution in [1.29, 1.82) is 0 Å². The second kappa shape index (κ2) is 9.79. The molecule has 2 rings (SSSR count). The number of carbonyl (C=O) groups excluding carboxylic acids is 2. The molecule has 1 N–H and O–H groups in total. The van der Waals surface area contributed by atoms with Gasteiger partial charge in [-0.1, -0.05) is 12.1 Å². The highest BCUT2D eigenvalue weighted by atomic mass is 32.2. The Morgan fingerprint density at radius 3 is 0.902 bits per heavy atom. The van der Waals surface area contributed by atoms with Crippen LogP contribution in [0.2, 0.25) is 0 Å². The minimum Gasteiger partial charge on any atom is -0.269 e. The number of nitrogens with zero attached hydrogens (tertiary/aromatic N) is 1. The van der Waals surface area contributed by atoms with E-state index in [9.17, 15) is 97.0 Å². The Balaban J connectivity index is 0.000000468. The molecule has 0 aromatic heterocycles. The van der Waals surface area contributed by atoms with Gasteiger partial charge in [0.25, 0.3) is 11.8 Å². The quantitative estimate of drug-likeness (QED) is 0.229. The van der Waals surface area contributed by atoms with Crippen LogP contribution in [0.15, 0.2) is 24.3 Å². The summed E-state index contributed by atoms with van der Waals surface area (Å²) in [5, 5.41) is 0. The molecule has 6 nitrogen and oxygen atoms in total. The Kier molecular flexibility index (Phi) is 8.61. The lowest BCUT2D eigenvalue weighted by molar-refractivity contribution is -0.468. The lowest BCUT2D eigenvalue weighted by Crippen LogP contribution is -2.74. The zero-order chi connectivity index (χ0) is 33.2. The number of alkyl halides is 18. The van der Waals surface area contributed by atoms with E-state index in [0.29, 0.717) is 0 Å². The molecular weight excluding hydrogens is 660 g/mol. The predicted octanol–water partition coefficient (Wildman–Crippen LogP) is 6.01. The fraction of sp³-hybridized carbons (Fsp3) is 0.500. The molecule has 0 radical (unpaired) electrons. The van der Waals surface area contributed by atoms with Crippen molar-refractivity contribution in [3.63, 3.8) is 0 Å². The summed E-state index contributed by atoms with van der Waals surface area (Å²) in [6, 6.07) is 5.64. The van der Waals surface area contributed by atoms with Gasteiger partial charge in [-0.25, -0.2) is 0 Å². The van der Waals surface area contributed by atoms with E-state index in [2.05, 4.69) is 0 Å². The second-order valence-corrected chi connectivity index (χ2v) is 8.60. The van der Waals surface area contributed by atoms with Gasteiger partial charge < -0.3 is 0 Å². The number of imide groups is 1. The van der Waals surface area contributed by atoms with Gasteiger partial charge in [0.2, 0.25) is 0 Å². The summed E-state index contributed by atoms with van der Waals surface area (Å²) in [4.78, 5) is 22.8. The number of hydrogen-bond donors (Lipinski definition) is 1. The average molecular weight is 665 g/mol. The molecule has 0 bridgehead atoms. The van der Waals surface area contributed by atoms with Gasteiger partial charge in [0, 0.05) is 0 Å². The highest BCUT2D eigenvalue weighted by molar-refractivity contribution is 7.84. The first-order valence-electron chi connectivity index (χ1n) is 9.03. The molecule has 0 aliphatic carbocycles. The molecule has 0 fully saturated rings. The van der Waals surface area contributed by atoms with Crippen LogP contribution >= 0.6 is 0 Å². The third-order valence-electron chi connectivity index (χ3n) is 4.67. The van der Waals surface area contributed by atoms with Crippen molar-refractivity contribution in [1.82, 2.24) is 4.31 Å². The van der Waals surface area contributed by atoms with Crippen LogP contribution in [-0.4, -0.2) is 77.0 Å². The van der Waals surface area contributed by atoms with Crippen LogP contribution in [0.25, 0.3) is 0 Å². The van der Waals surface area contributed by atoms with Crippen LogP contribution in [0.4, 0.5) is 79.0 Å². The Bertz CT molecular complexity index is 1220. The number of amides is 2. The largest absolute Gasteiger partial charge is 0.460 e. The van der Waals surface area contributed by atoms with Gasteiger partial charge in [-0.05, 0) is 12.1 Å². The lowest BCUT2D eigenvalue weighted by Gasteiger charge is -2.41. The first kappa shape index (κ1) is 36.0. The topological polar surface area (TPSA) is 91.8 Å². The summed E-state index contributed by atoms with van der Waals surface area (Å²) in [5.74, 6) is -53.1. The van der Waals surface area contributed by atoms with E-state index in [1.165, 1.54) is 24.3 Å². The van der Waals surface area contributed by atoms with Crippen molar-refractivity contribution in [2.24, 2.45) is 0 Å². The second-order valence-electron chi connectivity index (χ2n) is 7.34. The number of carbonyl (C=O) groups is 2. The highest BCUT2D eigenvalue weighted by Gasteiger charge is 2.95. The third kappa shape index (κ3) is 5.24. The molecule has 0 saturated heterocycles. The molecule has 236 valence electrons. The molecule has 1 aromatic rings. The maximum absolute atomic E-state index is 12.8. The summed E-state index contributed by atoms with van der Waals surface area (Å²) in [7, 11) is -4.83. The molecule has 0 spiro atoms.